The van der Waals surface area contributed by atoms with Crippen molar-refractivity contribution in [3.63, 3.8) is 0 Å². The van der Waals surface area contributed by atoms with Crippen LogP contribution in [0.5, 0.6) is 0 Å². The third kappa shape index (κ3) is 6.49. The van der Waals surface area contributed by atoms with Gasteiger partial charge in [0.15, 0.2) is 0 Å². The molecule has 1 heterocycles. The Bertz CT molecular complexity index is 886. The molecule has 0 radical (unpaired) electrons. The van der Waals surface area contributed by atoms with Gasteiger partial charge in [0.05, 0.1) is 11.1 Å². The van der Waals surface area contributed by atoms with E-state index in [1.54, 1.807) is 25.7 Å². The smallest absolute Gasteiger partial charge is 0.407 e. The van der Waals surface area contributed by atoms with Crippen LogP contribution in [0.25, 0.3) is 0 Å². The first-order valence-electron chi connectivity index (χ1n) is 11.5. The fraction of sp³-hybridized carbons (Fsp3) is 0.667. The number of hydrogen-bond acceptors (Lipinski definition) is 3. The van der Waals surface area contributed by atoms with Gasteiger partial charge in [-0.1, -0.05) is 31.4 Å². The minimum Gasteiger partial charge on any atom is -0.444 e. The number of halogens is 3. The van der Waals surface area contributed by atoms with Crippen molar-refractivity contribution in [3.05, 3.63) is 34.4 Å². The van der Waals surface area contributed by atoms with Crippen molar-refractivity contribution in [2.75, 3.05) is 19.6 Å². The highest BCUT2D eigenvalue weighted by atomic mass is 35.5. The Morgan fingerprint density at radius 1 is 1.27 bits per heavy atom. The van der Waals surface area contributed by atoms with Crippen LogP contribution >= 0.6 is 11.6 Å². The Morgan fingerprint density at radius 3 is 2.58 bits per heavy atom. The maximum absolute atomic E-state index is 14.8. The van der Waals surface area contributed by atoms with Crippen LogP contribution in [-0.2, 0) is 4.74 Å². The molecule has 0 spiro atoms. The molecular weight excluding hydrogens is 452 g/mol. The number of nitrogens with one attached hydrogen (secondary N) is 2. The number of urea groups is 1. The lowest BCUT2D eigenvalue weighted by molar-refractivity contribution is 0.0505. The summed E-state index contributed by atoms with van der Waals surface area (Å²) in [7, 11) is 0. The highest BCUT2D eigenvalue weighted by Gasteiger charge is 2.39. The van der Waals surface area contributed by atoms with Crippen LogP contribution in [0.1, 0.15) is 71.4 Å². The number of benzene rings is 1. The van der Waals surface area contributed by atoms with Crippen LogP contribution in [-0.4, -0.2) is 42.3 Å². The summed E-state index contributed by atoms with van der Waals surface area (Å²) < 4.78 is 34.8. The molecule has 0 aromatic heterocycles. The second kappa shape index (κ2) is 10.0. The molecule has 2 atom stereocenters. The molecule has 1 aliphatic carbocycles. The van der Waals surface area contributed by atoms with Gasteiger partial charge in [0.1, 0.15) is 17.2 Å². The highest BCUT2D eigenvalue weighted by molar-refractivity contribution is 6.30. The first-order chi connectivity index (χ1) is 15.4. The summed E-state index contributed by atoms with van der Waals surface area (Å²) in [5.74, 6) is -1.58. The van der Waals surface area contributed by atoms with Crippen molar-refractivity contribution >= 4 is 23.7 Å². The number of carbonyl (C=O) groups is 2. The zero-order valence-corrected chi connectivity index (χ0v) is 20.5. The van der Waals surface area contributed by atoms with Gasteiger partial charge in [-0.05, 0) is 58.1 Å². The number of rotatable bonds is 5. The van der Waals surface area contributed by atoms with Gasteiger partial charge in [-0.2, -0.15) is 0 Å². The Morgan fingerprint density at radius 2 is 1.94 bits per heavy atom. The molecular formula is C24H34ClF2N3O3. The van der Waals surface area contributed by atoms with E-state index in [9.17, 15) is 18.4 Å². The molecule has 6 nitrogen and oxygen atoms in total. The maximum atomic E-state index is 14.8. The summed E-state index contributed by atoms with van der Waals surface area (Å²) in [5.41, 5.74) is -1.09. The molecule has 1 saturated carbocycles. The average Bonchev–Trinajstić information content (AvgIpc) is 3.38. The van der Waals surface area contributed by atoms with E-state index < -0.39 is 29.4 Å². The number of carbonyl (C=O) groups excluding carboxylic acids is 2. The fourth-order valence-electron chi connectivity index (χ4n) is 4.71. The Hall–Kier alpha value is -2.09. The summed E-state index contributed by atoms with van der Waals surface area (Å²) in [6.07, 6.45) is 3.67. The second-order valence-electron chi connectivity index (χ2n) is 10.6. The van der Waals surface area contributed by atoms with Crippen molar-refractivity contribution in [1.82, 2.24) is 15.5 Å². The van der Waals surface area contributed by atoms with Crippen LogP contribution in [0.15, 0.2) is 12.1 Å². The summed E-state index contributed by atoms with van der Waals surface area (Å²) in [4.78, 5) is 26.8. The van der Waals surface area contributed by atoms with Gasteiger partial charge in [0.25, 0.3) is 0 Å². The largest absolute Gasteiger partial charge is 0.444 e. The fourth-order valence-corrected chi connectivity index (χ4v) is 4.87. The van der Waals surface area contributed by atoms with Crippen LogP contribution in [0.4, 0.5) is 18.4 Å². The number of alkyl carbamates (subject to hydrolysis) is 1. The highest BCUT2D eigenvalue weighted by Crippen LogP contribution is 2.39. The molecule has 1 unspecified atom stereocenters. The van der Waals surface area contributed by atoms with E-state index in [2.05, 4.69) is 10.6 Å². The van der Waals surface area contributed by atoms with Gasteiger partial charge in [-0.3, -0.25) is 0 Å². The maximum Gasteiger partial charge on any atom is 0.407 e. The van der Waals surface area contributed by atoms with Gasteiger partial charge >= 0.3 is 12.1 Å². The van der Waals surface area contributed by atoms with E-state index in [1.807, 2.05) is 6.92 Å². The van der Waals surface area contributed by atoms with E-state index in [0.717, 1.165) is 31.7 Å². The third-order valence-corrected chi connectivity index (χ3v) is 6.74. The standard InChI is InChI=1S/C24H34ClF2N3O3/c1-23(2,3)33-22(32)28-13-24(4)11-12-30(14-24)21(31)29-20(15-7-5-6-8-15)18-17(26)10-9-16(25)19(18)27/h9-10,15,20H,5-8,11-14H2,1-4H3,(H,28,32)(H,29,31)/t20-,24?/m0/s1. The van der Waals surface area contributed by atoms with E-state index in [0.29, 0.717) is 26.1 Å². The molecule has 0 bridgehead atoms. The quantitative estimate of drug-likeness (QED) is 0.518. The normalized spacial score (nSPS) is 22.3. The number of nitrogens with zero attached hydrogens (tertiary/aromatic N) is 1. The van der Waals surface area contributed by atoms with E-state index in [4.69, 9.17) is 16.3 Å². The lowest BCUT2D eigenvalue weighted by Gasteiger charge is -2.30. The van der Waals surface area contributed by atoms with Crippen molar-refractivity contribution in [2.45, 2.75) is 71.4 Å². The first-order valence-corrected chi connectivity index (χ1v) is 11.9. The van der Waals surface area contributed by atoms with E-state index >= 15 is 0 Å². The molecule has 3 amide bonds. The predicted molar refractivity (Wildman–Crippen MR) is 123 cm³/mol. The van der Waals surface area contributed by atoms with Gasteiger partial charge < -0.3 is 20.3 Å². The monoisotopic (exact) mass is 485 g/mol. The second-order valence-corrected chi connectivity index (χ2v) is 11.0. The summed E-state index contributed by atoms with van der Waals surface area (Å²) in [5, 5.41) is 5.51. The van der Waals surface area contributed by atoms with Crippen LogP contribution in [0.3, 0.4) is 0 Å². The molecule has 2 N–H and O–H groups in total. The molecule has 184 valence electrons. The summed E-state index contributed by atoms with van der Waals surface area (Å²) in [6.45, 7) is 8.62. The first kappa shape index (κ1) is 25.5. The topological polar surface area (TPSA) is 70.7 Å². The molecule has 3 rings (SSSR count). The summed E-state index contributed by atoms with van der Waals surface area (Å²) >= 11 is 5.93. The molecule has 2 aliphatic rings. The number of amides is 3. The van der Waals surface area contributed by atoms with Crippen LogP contribution in [0.2, 0.25) is 5.02 Å². The van der Waals surface area contributed by atoms with Crippen molar-refractivity contribution in [2.24, 2.45) is 11.3 Å². The van der Waals surface area contributed by atoms with E-state index in [1.165, 1.54) is 6.07 Å². The minimum absolute atomic E-state index is 0.0563. The van der Waals surface area contributed by atoms with Gasteiger partial charge in [-0.15, -0.1) is 0 Å². The van der Waals surface area contributed by atoms with Crippen LogP contribution in [0, 0.1) is 23.0 Å². The zero-order valence-electron chi connectivity index (χ0n) is 19.8. The van der Waals surface area contributed by atoms with Crippen molar-refractivity contribution < 1.29 is 23.1 Å². The van der Waals surface area contributed by atoms with Gasteiger partial charge in [0, 0.05) is 30.6 Å². The molecule has 2 fully saturated rings. The minimum atomic E-state index is -0.818. The van der Waals surface area contributed by atoms with E-state index in [-0.39, 0.29) is 28.0 Å². The number of hydrogen-bond donors (Lipinski definition) is 2. The molecule has 1 saturated heterocycles. The zero-order chi connectivity index (χ0) is 24.4. The Labute approximate surface area is 199 Å². The SMILES string of the molecule is CC1(CNC(=O)OC(C)(C)C)CCN(C(=O)N[C@H](c2c(F)ccc(Cl)c2F)C2CCCC2)C1. The van der Waals surface area contributed by atoms with Crippen molar-refractivity contribution in [3.8, 4) is 0 Å². The molecule has 1 aromatic carbocycles. The molecule has 33 heavy (non-hydrogen) atoms. The van der Waals surface area contributed by atoms with Gasteiger partial charge in [0.2, 0.25) is 0 Å². The lowest BCUT2D eigenvalue weighted by Crippen LogP contribution is -2.45. The Kier molecular flexibility index (Phi) is 7.76. The lowest BCUT2D eigenvalue weighted by atomic mass is 9.90. The Balaban J connectivity index is 1.67. The van der Waals surface area contributed by atoms with Crippen LogP contribution < -0.4 is 10.6 Å². The average molecular weight is 486 g/mol. The van der Waals surface area contributed by atoms with Gasteiger partial charge in [-0.25, -0.2) is 18.4 Å². The number of ether oxygens (including phenoxy) is 1. The summed E-state index contributed by atoms with van der Waals surface area (Å²) in [6, 6.07) is 1.17. The number of likely N-dealkylation sites (tertiary alicyclic amines) is 1. The van der Waals surface area contributed by atoms with Crippen molar-refractivity contribution in [1.29, 1.82) is 0 Å². The molecule has 1 aliphatic heterocycles. The predicted octanol–water partition coefficient (Wildman–Crippen LogP) is 5.80. The molecule has 9 heteroatoms. The molecule has 1 aromatic rings. The third-order valence-electron chi connectivity index (χ3n) is 6.44.